The molecule has 37 heavy (non-hydrogen) atoms. The van der Waals surface area contributed by atoms with Crippen molar-refractivity contribution >= 4 is 29.2 Å². The number of carboxylic acid groups (broad SMARTS) is 1. The zero-order valence-corrected chi connectivity index (χ0v) is 21.2. The van der Waals surface area contributed by atoms with Crippen LogP contribution in [-0.4, -0.2) is 67.4 Å². The summed E-state index contributed by atoms with van der Waals surface area (Å²) in [4.78, 5) is 35.2. The first kappa shape index (κ1) is 26.6. The Morgan fingerprint density at radius 3 is 2.35 bits per heavy atom. The number of aromatic nitrogens is 4. The van der Waals surface area contributed by atoms with Crippen LogP contribution in [0.25, 0.3) is 0 Å². The van der Waals surface area contributed by atoms with E-state index >= 15 is 0 Å². The zero-order valence-electron chi connectivity index (χ0n) is 20.4. The molecule has 5 rings (SSSR count). The molecule has 1 amide bonds. The Morgan fingerprint density at radius 2 is 1.81 bits per heavy atom. The van der Waals surface area contributed by atoms with Crippen molar-refractivity contribution in [3.63, 3.8) is 0 Å². The fourth-order valence-electron chi connectivity index (χ4n) is 4.65. The number of piperidine rings is 1. The molecule has 0 radical (unpaired) electrons. The van der Waals surface area contributed by atoms with E-state index in [0.717, 1.165) is 37.4 Å². The summed E-state index contributed by atoms with van der Waals surface area (Å²) in [7, 11) is 0. The zero-order chi connectivity index (χ0) is 26.8. The third-order valence-corrected chi connectivity index (χ3v) is 7.23. The predicted octanol–water partition coefficient (Wildman–Crippen LogP) is 4.14. The van der Waals surface area contributed by atoms with Gasteiger partial charge in [-0.15, -0.1) is 0 Å². The minimum atomic E-state index is -5.08. The second-order valence-corrected chi connectivity index (χ2v) is 10.1. The lowest BCUT2D eigenvalue weighted by molar-refractivity contribution is -0.192. The van der Waals surface area contributed by atoms with E-state index in [4.69, 9.17) is 15.0 Å². The number of anilines is 1. The topological polar surface area (TPSA) is 104 Å². The Bertz CT molecular complexity index is 1220. The van der Waals surface area contributed by atoms with E-state index in [9.17, 15) is 18.0 Å². The van der Waals surface area contributed by atoms with Gasteiger partial charge in [-0.25, -0.2) is 14.8 Å². The van der Waals surface area contributed by atoms with E-state index < -0.39 is 12.1 Å². The van der Waals surface area contributed by atoms with E-state index in [2.05, 4.69) is 39.6 Å². The number of hydrogen-bond acceptors (Lipinski definition) is 7. The number of fused-ring (bicyclic) bond motifs is 2. The summed E-state index contributed by atoms with van der Waals surface area (Å²) in [6, 6.07) is 4.06. The van der Waals surface area contributed by atoms with E-state index in [0.29, 0.717) is 19.1 Å². The highest BCUT2D eigenvalue weighted by molar-refractivity contribution is 7.08. The van der Waals surface area contributed by atoms with Crippen LogP contribution in [0.2, 0.25) is 0 Å². The van der Waals surface area contributed by atoms with Crippen LogP contribution in [0.15, 0.2) is 41.5 Å². The molecule has 1 spiro atoms. The van der Waals surface area contributed by atoms with Crippen LogP contribution in [-0.2, 0) is 16.8 Å². The molecule has 1 saturated heterocycles. The molecule has 3 aromatic heterocycles. The van der Waals surface area contributed by atoms with Crippen molar-refractivity contribution in [2.75, 3.05) is 24.5 Å². The molecule has 1 N–H and O–H groups in total. The van der Waals surface area contributed by atoms with Crippen LogP contribution >= 0.6 is 11.3 Å². The summed E-state index contributed by atoms with van der Waals surface area (Å²) in [5.74, 6) is -1.86. The molecule has 0 unspecified atom stereocenters. The van der Waals surface area contributed by atoms with Gasteiger partial charge in [-0.1, -0.05) is 0 Å². The molecule has 0 aromatic carbocycles. The van der Waals surface area contributed by atoms with Gasteiger partial charge in [-0.2, -0.15) is 29.6 Å². The molecular formula is C24H27F3N6O3S. The summed E-state index contributed by atoms with van der Waals surface area (Å²) < 4.78 is 33.8. The van der Waals surface area contributed by atoms with Crippen LogP contribution in [0.4, 0.5) is 19.1 Å². The second-order valence-electron chi connectivity index (χ2n) is 9.37. The molecule has 1 fully saturated rings. The summed E-state index contributed by atoms with van der Waals surface area (Å²) >= 11 is 1.57. The van der Waals surface area contributed by atoms with Gasteiger partial charge in [0.2, 0.25) is 5.95 Å². The number of aliphatic carboxylic acids is 1. The van der Waals surface area contributed by atoms with Gasteiger partial charge in [0.25, 0.3) is 5.91 Å². The first-order valence-corrected chi connectivity index (χ1v) is 12.7. The first-order valence-electron chi connectivity index (χ1n) is 11.7. The average Bonchev–Trinajstić information content (AvgIpc) is 3.55. The Labute approximate surface area is 215 Å². The highest BCUT2D eigenvalue weighted by Gasteiger charge is 2.46. The Kier molecular flexibility index (Phi) is 7.53. The molecule has 13 heteroatoms. The highest BCUT2D eigenvalue weighted by atomic mass is 32.1. The van der Waals surface area contributed by atoms with Crippen molar-refractivity contribution in [1.82, 2.24) is 24.6 Å². The molecule has 9 nitrogen and oxygen atoms in total. The van der Waals surface area contributed by atoms with Crippen molar-refractivity contribution in [1.29, 1.82) is 0 Å². The number of carbonyl (C=O) groups excluding carboxylic acids is 1. The lowest BCUT2D eigenvalue weighted by Gasteiger charge is -2.46. The molecule has 0 atom stereocenters. The lowest BCUT2D eigenvalue weighted by atomic mass is 9.72. The molecular weight excluding hydrogens is 509 g/mol. The van der Waals surface area contributed by atoms with Gasteiger partial charge in [-0.05, 0) is 44.2 Å². The molecule has 0 aliphatic carbocycles. The molecule has 198 valence electrons. The van der Waals surface area contributed by atoms with Crippen LogP contribution in [0, 0.1) is 0 Å². The SMILES string of the molecule is CC(C)n1cc2c(n1)C1(CCN(c3ncccn3)CC1)CN(C(=O)c1ccsc1)C2.O=C(O)C(F)(F)F. The number of carboxylic acids is 1. The predicted molar refractivity (Wildman–Crippen MR) is 131 cm³/mol. The largest absolute Gasteiger partial charge is 0.490 e. The lowest BCUT2D eigenvalue weighted by Crippen LogP contribution is -2.53. The Balaban J connectivity index is 0.000000405. The van der Waals surface area contributed by atoms with Gasteiger partial charge in [-0.3, -0.25) is 9.48 Å². The van der Waals surface area contributed by atoms with Crippen molar-refractivity contribution < 1.29 is 27.9 Å². The standard InChI is InChI=1S/C22H26N6OS.C2HF3O2/c1-16(2)28-13-18-12-27(20(29)17-4-11-30-14-17)15-22(19(18)25-28)5-9-26(10-6-22)21-23-7-3-8-24-21;3-2(4,5)1(6)7/h3-4,7-8,11,13-14,16H,5-6,9-10,12,15H2,1-2H3;(H,6,7). The van der Waals surface area contributed by atoms with Crippen molar-refractivity contribution in [3.05, 3.63) is 58.3 Å². The number of alkyl halides is 3. The normalized spacial score (nSPS) is 16.8. The van der Waals surface area contributed by atoms with Gasteiger partial charge >= 0.3 is 12.1 Å². The van der Waals surface area contributed by atoms with Crippen molar-refractivity contribution in [2.24, 2.45) is 0 Å². The maximum Gasteiger partial charge on any atom is 0.490 e. The molecule has 0 saturated carbocycles. The monoisotopic (exact) mass is 536 g/mol. The van der Waals surface area contributed by atoms with Gasteiger partial charge in [0.1, 0.15) is 0 Å². The van der Waals surface area contributed by atoms with Gasteiger partial charge in [0.15, 0.2) is 0 Å². The minimum absolute atomic E-state index is 0.118. The quantitative estimate of drug-likeness (QED) is 0.537. The van der Waals surface area contributed by atoms with Crippen molar-refractivity contribution in [2.45, 2.75) is 50.9 Å². The number of carbonyl (C=O) groups is 2. The molecule has 5 heterocycles. The number of hydrogen-bond donors (Lipinski definition) is 1. The summed E-state index contributed by atoms with van der Waals surface area (Å²) in [6.45, 7) is 7.36. The molecule has 3 aromatic rings. The number of amides is 1. The molecule has 2 aliphatic heterocycles. The Morgan fingerprint density at radius 1 is 1.16 bits per heavy atom. The van der Waals surface area contributed by atoms with Crippen LogP contribution in [0.3, 0.4) is 0 Å². The maximum atomic E-state index is 13.2. The van der Waals surface area contributed by atoms with Crippen molar-refractivity contribution in [3.8, 4) is 0 Å². The fraction of sp³-hybridized carbons (Fsp3) is 0.458. The number of thiophene rings is 1. The fourth-order valence-corrected chi connectivity index (χ4v) is 5.28. The highest BCUT2D eigenvalue weighted by Crippen LogP contribution is 2.42. The van der Waals surface area contributed by atoms with Gasteiger partial charge in [0, 0.05) is 67.2 Å². The summed E-state index contributed by atoms with van der Waals surface area (Å²) in [6.07, 6.45) is 2.50. The average molecular weight is 537 g/mol. The van der Waals surface area contributed by atoms with E-state index in [1.54, 1.807) is 23.7 Å². The minimum Gasteiger partial charge on any atom is -0.475 e. The Hall–Kier alpha value is -3.48. The third kappa shape index (κ3) is 5.76. The summed E-state index contributed by atoms with van der Waals surface area (Å²) in [5, 5.41) is 16.0. The molecule has 2 aliphatic rings. The third-order valence-electron chi connectivity index (χ3n) is 6.55. The second kappa shape index (κ2) is 10.5. The van der Waals surface area contributed by atoms with Crippen LogP contribution in [0.1, 0.15) is 54.3 Å². The van der Waals surface area contributed by atoms with E-state index in [1.807, 2.05) is 27.8 Å². The maximum absolute atomic E-state index is 13.2. The smallest absolute Gasteiger partial charge is 0.475 e. The van der Waals surface area contributed by atoms with Crippen LogP contribution in [0.5, 0.6) is 0 Å². The summed E-state index contributed by atoms with van der Waals surface area (Å²) in [5.41, 5.74) is 3.03. The number of nitrogens with zero attached hydrogens (tertiary/aromatic N) is 6. The number of rotatable bonds is 3. The molecule has 0 bridgehead atoms. The first-order chi connectivity index (χ1) is 17.5. The number of halogens is 3. The van der Waals surface area contributed by atoms with E-state index in [1.165, 1.54) is 11.3 Å². The van der Waals surface area contributed by atoms with E-state index in [-0.39, 0.29) is 11.3 Å². The van der Waals surface area contributed by atoms with Gasteiger partial charge in [0.05, 0.1) is 11.3 Å². The van der Waals surface area contributed by atoms with Gasteiger partial charge < -0.3 is 14.9 Å². The van der Waals surface area contributed by atoms with Crippen LogP contribution < -0.4 is 4.90 Å².